The number of nitrogens with two attached hydrogens (primary N) is 1. The van der Waals surface area contributed by atoms with E-state index in [2.05, 4.69) is 36.9 Å². The number of aryl methyl sites for hydroxylation is 1. The lowest BCUT2D eigenvalue weighted by Gasteiger charge is -2.35. The molecule has 18 heavy (non-hydrogen) atoms. The number of nitrogens with zero attached hydrogens (tertiary/aromatic N) is 1. The molecule has 0 amide bonds. The standard InChI is InChI=1S/C14H22N2O2/c1-11-3-4-13-14(9-11)18-12(2)10-16(13)6-8-17-7-5-15/h3-4,9,12H,5-8,10,15H2,1-2H3. The van der Waals surface area contributed by atoms with Crippen LogP contribution in [0.5, 0.6) is 5.75 Å². The van der Waals surface area contributed by atoms with Crippen LogP contribution < -0.4 is 15.4 Å². The second-order valence-electron chi connectivity index (χ2n) is 4.75. The smallest absolute Gasteiger partial charge is 0.143 e. The third-order valence-electron chi connectivity index (χ3n) is 3.03. The van der Waals surface area contributed by atoms with Crippen molar-refractivity contribution in [1.82, 2.24) is 0 Å². The van der Waals surface area contributed by atoms with Crippen LogP contribution in [0, 0.1) is 6.92 Å². The zero-order chi connectivity index (χ0) is 13.0. The Kier molecular flexibility index (Phi) is 4.44. The second kappa shape index (κ2) is 6.07. The number of rotatable bonds is 5. The van der Waals surface area contributed by atoms with Gasteiger partial charge >= 0.3 is 0 Å². The summed E-state index contributed by atoms with van der Waals surface area (Å²) in [6.45, 7) is 7.87. The predicted octanol–water partition coefficient (Wildman–Crippen LogP) is 1.56. The first-order valence-corrected chi connectivity index (χ1v) is 6.51. The maximum atomic E-state index is 5.87. The normalized spacial score (nSPS) is 18.4. The van der Waals surface area contributed by atoms with E-state index >= 15 is 0 Å². The average Bonchev–Trinajstić information content (AvgIpc) is 2.33. The van der Waals surface area contributed by atoms with Crippen molar-refractivity contribution in [2.45, 2.75) is 20.0 Å². The Labute approximate surface area is 109 Å². The zero-order valence-electron chi connectivity index (χ0n) is 11.2. The fourth-order valence-corrected chi connectivity index (χ4v) is 2.21. The van der Waals surface area contributed by atoms with Crippen molar-refractivity contribution < 1.29 is 9.47 Å². The lowest BCUT2D eigenvalue weighted by molar-refractivity contribution is 0.142. The minimum Gasteiger partial charge on any atom is -0.487 e. The summed E-state index contributed by atoms with van der Waals surface area (Å²) < 4.78 is 11.3. The Balaban J connectivity index is 2.03. The third kappa shape index (κ3) is 3.15. The van der Waals surface area contributed by atoms with Gasteiger partial charge in [0, 0.05) is 13.1 Å². The van der Waals surface area contributed by atoms with Crippen LogP contribution in [0.3, 0.4) is 0 Å². The predicted molar refractivity (Wildman–Crippen MR) is 73.4 cm³/mol. The molecule has 4 heteroatoms. The lowest BCUT2D eigenvalue weighted by Crippen LogP contribution is -2.40. The SMILES string of the molecule is Cc1ccc2c(c1)OC(C)CN2CCOCCN. The van der Waals surface area contributed by atoms with E-state index in [9.17, 15) is 0 Å². The quantitative estimate of drug-likeness (QED) is 0.806. The molecule has 0 fully saturated rings. The van der Waals surface area contributed by atoms with Crippen molar-refractivity contribution >= 4 is 5.69 Å². The van der Waals surface area contributed by atoms with E-state index in [1.165, 1.54) is 5.56 Å². The van der Waals surface area contributed by atoms with Crippen LogP contribution in [0.2, 0.25) is 0 Å². The number of hydrogen-bond acceptors (Lipinski definition) is 4. The maximum Gasteiger partial charge on any atom is 0.143 e. The van der Waals surface area contributed by atoms with Gasteiger partial charge in [0.2, 0.25) is 0 Å². The highest BCUT2D eigenvalue weighted by molar-refractivity contribution is 5.61. The monoisotopic (exact) mass is 250 g/mol. The van der Waals surface area contributed by atoms with Crippen LogP contribution in [0.4, 0.5) is 5.69 Å². The van der Waals surface area contributed by atoms with Gasteiger partial charge in [-0.3, -0.25) is 0 Å². The van der Waals surface area contributed by atoms with Crippen LogP contribution >= 0.6 is 0 Å². The molecule has 0 saturated carbocycles. The third-order valence-corrected chi connectivity index (χ3v) is 3.03. The van der Waals surface area contributed by atoms with E-state index in [4.69, 9.17) is 15.2 Å². The van der Waals surface area contributed by atoms with Gasteiger partial charge in [0.1, 0.15) is 11.9 Å². The molecule has 0 spiro atoms. The van der Waals surface area contributed by atoms with Crippen molar-refractivity contribution in [3.05, 3.63) is 23.8 Å². The molecule has 0 radical (unpaired) electrons. The fraction of sp³-hybridized carbons (Fsp3) is 0.571. The summed E-state index contributed by atoms with van der Waals surface area (Å²) in [6, 6.07) is 6.34. The zero-order valence-corrected chi connectivity index (χ0v) is 11.2. The molecule has 0 saturated heterocycles. The number of benzene rings is 1. The molecule has 2 N–H and O–H groups in total. The number of hydrogen-bond donors (Lipinski definition) is 1. The summed E-state index contributed by atoms with van der Waals surface area (Å²) >= 11 is 0. The molecule has 1 unspecified atom stereocenters. The van der Waals surface area contributed by atoms with E-state index in [1.807, 2.05) is 0 Å². The first kappa shape index (κ1) is 13.2. The molecule has 1 aliphatic heterocycles. The van der Waals surface area contributed by atoms with E-state index in [-0.39, 0.29) is 6.10 Å². The summed E-state index contributed by atoms with van der Waals surface area (Å²) in [5.74, 6) is 0.979. The summed E-state index contributed by atoms with van der Waals surface area (Å²) in [4.78, 5) is 2.32. The highest BCUT2D eigenvalue weighted by Crippen LogP contribution is 2.33. The van der Waals surface area contributed by atoms with Crippen molar-refractivity contribution in [2.24, 2.45) is 5.73 Å². The Morgan fingerprint density at radius 1 is 1.44 bits per heavy atom. The molecule has 100 valence electrons. The molecule has 0 aromatic heterocycles. The minimum absolute atomic E-state index is 0.216. The van der Waals surface area contributed by atoms with Crippen LogP contribution in [0.1, 0.15) is 12.5 Å². The maximum absolute atomic E-state index is 5.87. The van der Waals surface area contributed by atoms with E-state index in [1.54, 1.807) is 0 Å². The van der Waals surface area contributed by atoms with Gasteiger partial charge in [-0.2, -0.15) is 0 Å². The van der Waals surface area contributed by atoms with Gasteiger partial charge in [0.05, 0.1) is 25.4 Å². The molecule has 1 heterocycles. The summed E-state index contributed by atoms with van der Waals surface area (Å²) in [6.07, 6.45) is 0.216. The molecule has 2 rings (SSSR count). The highest BCUT2D eigenvalue weighted by atomic mass is 16.5. The van der Waals surface area contributed by atoms with Gasteiger partial charge < -0.3 is 20.1 Å². The Hall–Kier alpha value is -1.26. The topological polar surface area (TPSA) is 47.7 Å². The average molecular weight is 250 g/mol. The molecular formula is C14H22N2O2. The number of anilines is 1. The lowest BCUT2D eigenvalue weighted by atomic mass is 10.1. The molecule has 4 nitrogen and oxygen atoms in total. The van der Waals surface area contributed by atoms with E-state index in [0.717, 1.165) is 24.5 Å². The molecule has 1 atom stereocenters. The largest absolute Gasteiger partial charge is 0.487 e. The Morgan fingerprint density at radius 2 is 2.28 bits per heavy atom. The van der Waals surface area contributed by atoms with Gasteiger partial charge in [-0.25, -0.2) is 0 Å². The van der Waals surface area contributed by atoms with Gasteiger partial charge in [0.15, 0.2) is 0 Å². The van der Waals surface area contributed by atoms with Crippen molar-refractivity contribution in [3.63, 3.8) is 0 Å². The van der Waals surface area contributed by atoms with Crippen molar-refractivity contribution in [2.75, 3.05) is 37.7 Å². The van der Waals surface area contributed by atoms with Gasteiger partial charge in [-0.1, -0.05) is 6.07 Å². The van der Waals surface area contributed by atoms with Crippen LogP contribution in [-0.2, 0) is 4.74 Å². The van der Waals surface area contributed by atoms with Gasteiger partial charge in [0.25, 0.3) is 0 Å². The molecule has 1 aliphatic rings. The highest BCUT2D eigenvalue weighted by Gasteiger charge is 2.22. The fourth-order valence-electron chi connectivity index (χ4n) is 2.21. The van der Waals surface area contributed by atoms with Crippen LogP contribution in [-0.4, -0.2) is 39.0 Å². The van der Waals surface area contributed by atoms with Gasteiger partial charge in [-0.15, -0.1) is 0 Å². The minimum atomic E-state index is 0.216. The first-order chi connectivity index (χ1) is 8.70. The van der Waals surface area contributed by atoms with E-state index < -0.39 is 0 Å². The van der Waals surface area contributed by atoms with E-state index in [0.29, 0.717) is 19.8 Å². The van der Waals surface area contributed by atoms with Crippen LogP contribution in [0.15, 0.2) is 18.2 Å². The Morgan fingerprint density at radius 3 is 3.06 bits per heavy atom. The molecule has 0 aliphatic carbocycles. The van der Waals surface area contributed by atoms with Crippen molar-refractivity contribution in [3.8, 4) is 5.75 Å². The Bertz CT molecular complexity index is 395. The molecular weight excluding hydrogens is 228 g/mol. The van der Waals surface area contributed by atoms with Gasteiger partial charge in [-0.05, 0) is 31.5 Å². The van der Waals surface area contributed by atoms with Crippen molar-refractivity contribution in [1.29, 1.82) is 0 Å². The number of ether oxygens (including phenoxy) is 2. The van der Waals surface area contributed by atoms with Crippen LogP contribution in [0.25, 0.3) is 0 Å². The molecule has 0 bridgehead atoms. The summed E-state index contributed by atoms with van der Waals surface area (Å²) in [7, 11) is 0. The summed E-state index contributed by atoms with van der Waals surface area (Å²) in [5.41, 5.74) is 7.79. The first-order valence-electron chi connectivity index (χ1n) is 6.51. The molecule has 1 aromatic rings. The number of fused-ring (bicyclic) bond motifs is 1. The summed E-state index contributed by atoms with van der Waals surface area (Å²) in [5, 5.41) is 0. The molecule has 1 aromatic carbocycles. The second-order valence-corrected chi connectivity index (χ2v) is 4.75.